The Morgan fingerprint density at radius 2 is 2.24 bits per heavy atom. The van der Waals surface area contributed by atoms with Gasteiger partial charge in [-0.1, -0.05) is 20.3 Å². The lowest BCUT2D eigenvalue weighted by Crippen LogP contribution is -2.25. The number of anilines is 1. The van der Waals surface area contributed by atoms with Gasteiger partial charge in [0.1, 0.15) is 6.54 Å². The Bertz CT molecular complexity index is 440. The molecule has 2 N–H and O–H groups in total. The largest absolute Gasteiger partial charge is 0.464 e. The molecule has 1 unspecified atom stereocenters. The van der Waals surface area contributed by atoms with Crippen LogP contribution in [0.3, 0.4) is 0 Å². The molecule has 1 aromatic heterocycles. The molecule has 0 aliphatic carbocycles. The lowest BCUT2D eigenvalue weighted by atomic mass is 10.1. The Morgan fingerprint density at radius 1 is 1.53 bits per heavy atom. The number of aromatic nitrogens is 1. The van der Waals surface area contributed by atoms with Crippen LogP contribution in [0.5, 0.6) is 0 Å². The number of esters is 1. The van der Waals surface area contributed by atoms with E-state index >= 15 is 0 Å². The molecule has 0 aliphatic rings. The zero-order valence-corrected chi connectivity index (χ0v) is 10.2. The number of hydrogen-bond donors (Lipinski definition) is 1. The highest BCUT2D eigenvalue weighted by molar-refractivity contribution is 5.69. The van der Waals surface area contributed by atoms with Crippen LogP contribution in [0.15, 0.2) is 23.1 Å². The molecule has 94 valence electrons. The van der Waals surface area contributed by atoms with Crippen molar-refractivity contribution in [1.82, 2.24) is 4.57 Å². The molecular formula is C12H18N2O3. The number of ether oxygens (including phenoxy) is 1. The van der Waals surface area contributed by atoms with Crippen molar-refractivity contribution in [1.29, 1.82) is 0 Å². The number of nitrogens with zero attached hydrogens (tertiary/aromatic N) is 1. The highest BCUT2D eigenvalue weighted by atomic mass is 16.5. The fourth-order valence-electron chi connectivity index (χ4n) is 1.21. The number of hydrogen-bond acceptors (Lipinski definition) is 4. The first-order chi connectivity index (χ1) is 8.02. The average molecular weight is 238 g/mol. The number of rotatable bonds is 5. The van der Waals surface area contributed by atoms with Crippen LogP contribution in [0.2, 0.25) is 0 Å². The third kappa shape index (κ3) is 4.30. The summed E-state index contributed by atoms with van der Waals surface area (Å²) in [7, 11) is 0. The fraction of sp³-hybridized carbons (Fsp3) is 0.500. The number of pyridine rings is 1. The first-order valence-electron chi connectivity index (χ1n) is 5.64. The van der Waals surface area contributed by atoms with Gasteiger partial charge in [-0.05, 0) is 12.0 Å². The molecule has 0 fully saturated rings. The summed E-state index contributed by atoms with van der Waals surface area (Å²) in [5, 5.41) is 0. The standard InChI is InChI=1S/C12H18N2O3/c1-3-9(2)8-17-12(16)7-14-6-10(13)4-5-11(14)15/h4-6,9H,3,7-8,13H2,1-2H3. The van der Waals surface area contributed by atoms with E-state index in [1.807, 2.05) is 13.8 Å². The topological polar surface area (TPSA) is 74.3 Å². The van der Waals surface area contributed by atoms with E-state index in [1.165, 1.54) is 22.9 Å². The summed E-state index contributed by atoms with van der Waals surface area (Å²) in [5.41, 5.74) is 5.71. The zero-order valence-electron chi connectivity index (χ0n) is 10.2. The molecule has 0 bridgehead atoms. The molecule has 0 amide bonds. The molecule has 1 aromatic rings. The van der Waals surface area contributed by atoms with Crippen LogP contribution in [0, 0.1) is 5.92 Å². The molecule has 1 heterocycles. The van der Waals surface area contributed by atoms with Gasteiger partial charge in [0.25, 0.3) is 5.56 Å². The van der Waals surface area contributed by atoms with Crippen LogP contribution < -0.4 is 11.3 Å². The summed E-state index contributed by atoms with van der Waals surface area (Å²) in [6, 6.07) is 2.83. The summed E-state index contributed by atoms with van der Waals surface area (Å²) < 4.78 is 6.30. The van der Waals surface area contributed by atoms with Gasteiger partial charge in [0.2, 0.25) is 0 Å². The minimum Gasteiger partial charge on any atom is -0.464 e. The average Bonchev–Trinajstić information content (AvgIpc) is 2.30. The lowest BCUT2D eigenvalue weighted by Gasteiger charge is -2.10. The lowest BCUT2D eigenvalue weighted by molar-refractivity contribution is -0.145. The molecule has 5 nitrogen and oxygen atoms in total. The molecule has 5 heteroatoms. The van der Waals surface area contributed by atoms with Crippen molar-refractivity contribution in [3.8, 4) is 0 Å². The Morgan fingerprint density at radius 3 is 2.88 bits per heavy atom. The Balaban J connectivity index is 2.56. The molecule has 0 spiro atoms. The van der Waals surface area contributed by atoms with Gasteiger partial charge in [0, 0.05) is 18.0 Å². The molecule has 1 rings (SSSR count). The van der Waals surface area contributed by atoms with Crippen LogP contribution in [0.25, 0.3) is 0 Å². The van der Waals surface area contributed by atoms with E-state index in [4.69, 9.17) is 10.5 Å². The quantitative estimate of drug-likeness (QED) is 0.777. The molecule has 1 atom stereocenters. The second-order valence-electron chi connectivity index (χ2n) is 4.13. The Hall–Kier alpha value is -1.78. The maximum Gasteiger partial charge on any atom is 0.326 e. The first kappa shape index (κ1) is 13.3. The van der Waals surface area contributed by atoms with E-state index in [2.05, 4.69) is 0 Å². The van der Waals surface area contributed by atoms with E-state index in [9.17, 15) is 9.59 Å². The summed E-state index contributed by atoms with van der Waals surface area (Å²) in [6.45, 7) is 4.31. The summed E-state index contributed by atoms with van der Waals surface area (Å²) in [4.78, 5) is 22.9. The van der Waals surface area contributed by atoms with E-state index in [-0.39, 0.29) is 12.1 Å². The summed E-state index contributed by atoms with van der Waals surface area (Å²) in [5.74, 6) is -0.0884. The van der Waals surface area contributed by atoms with Crippen LogP contribution in [0.4, 0.5) is 5.69 Å². The molecule has 17 heavy (non-hydrogen) atoms. The van der Waals surface area contributed by atoms with Gasteiger partial charge in [-0.3, -0.25) is 9.59 Å². The van der Waals surface area contributed by atoms with Crippen molar-refractivity contribution in [3.05, 3.63) is 28.7 Å². The number of carbonyl (C=O) groups excluding carboxylic acids is 1. The normalized spacial score (nSPS) is 12.1. The van der Waals surface area contributed by atoms with Gasteiger partial charge in [0.05, 0.1) is 6.61 Å². The second kappa shape index (κ2) is 6.08. The number of nitrogen functional groups attached to an aromatic ring is 1. The third-order valence-electron chi connectivity index (χ3n) is 2.53. The van der Waals surface area contributed by atoms with Crippen LogP contribution >= 0.6 is 0 Å². The van der Waals surface area contributed by atoms with Crippen molar-refractivity contribution in [2.75, 3.05) is 12.3 Å². The van der Waals surface area contributed by atoms with Gasteiger partial charge >= 0.3 is 5.97 Å². The van der Waals surface area contributed by atoms with Crippen molar-refractivity contribution < 1.29 is 9.53 Å². The Kier molecular flexibility index (Phi) is 4.75. The van der Waals surface area contributed by atoms with E-state index < -0.39 is 5.97 Å². The summed E-state index contributed by atoms with van der Waals surface area (Å²) in [6.07, 6.45) is 2.39. The number of carbonyl (C=O) groups is 1. The minimum absolute atomic E-state index is 0.0969. The van der Waals surface area contributed by atoms with E-state index in [1.54, 1.807) is 0 Å². The highest BCUT2D eigenvalue weighted by Gasteiger charge is 2.08. The maximum absolute atomic E-state index is 11.5. The maximum atomic E-state index is 11.5. The SMILES string of the molecule is CCC(C)COC(=O)Cn1cc(N)ccc1=O. The molecule has 0 saturated heterocycles. The molecule has 0 saturated carbocycles. The van der Waals surface area contributed by atoms with E-state index in [0.29, 0.717) is 18.2 Å². The van der Waals surface area contributed by atoms with Gasteiger partial charge in [-0.15, -0.1) is 0 Å². The van der Waals surface area contributed by atoms with Gasteiger partial charge in [-0.25, -0.2) is 0 Å². The van der Waals surface area contributed by atoms with Crippen molar-refractivity contribution in [2.45, 2.75) is 26.8 Å². The highest BCUT2D eigenvalue weighted by Crippen LogP contribution is 2.01. The second-order valence-corrected chi connectivity index (χ2v) is 4.13. The van der Waals surface area contributed by atoms with Crippen LogP contribution in [0.1, 0.15) is 20.3 Å². The summed E-state index contributed by atoms with van der Waals surface area (Å²) >= 11 is 0. The van der Waals surface area contributed by atoms with Crippen molar-refractivity contribution >= 4 is 11.7 Å². The molecular weight excluding hydrogens is 220 g/mol. The van der Waals surface area contributed by atoms with Crippen molar-refractivity contribution in [3.63, 3.8) is 0 Å². The molecule has 0 aliphatic heterocycles. The molecule has 0 aromatic carbocycles. The molecule has 0 radical (unpaired) electrons. The van der Waals surface area contributed by atoms with E-state index in [0.717, 1.165) is 6.42 Å². The monoisotopic (exact) mass is 238 g/mol. The zero-order chi connectivity index (χ0) is 12.8. The van der Waals surface area contributed by atoms with Gasteiger partial charge < -0.3 is 15.0 Å². The van der Waals surface area contributed by atoms with Gasteiger partial charge in [0.15, 0.2) is 0 Å². The van der Waals surface area contributed by atoms with Crippen LogP contribution in [-0.4, -0.2) is 17.1 Å². The smallest absolute Gasteiger partial charge is 0.326 e. The predicted octanol–water partition coefficient (Wildman–Crippen LogP) is 1.02. The Labute approximate surface area is 100 Å². The number of nitrogens with two attached hydrogens (primary N) is 1. The fourth-order valence-corrected chi connectivity index (χ4v) is 1.21. The minimum atomic E-state index is -0.419. The predicted molar refractivity (Wildman–Crippen MR) is 65.5 cm³/mol. The van der Waals surface area contributed by atoms with Crippen LogP contribution in [-0.2, 0) is 16.1 Å². The third-order valence-corrected chi connectivity index (χ3v) is 2.53. The first-order valence-corrected chi connectivity index (χ1v) is 5.64. The van der Waals surface area contributed by atoms with Crippen molar-refractivity contribution in [2.24, 2.45) is 5.92 Å². The van der Waals surface area contributed by atoms with Gasteiger partial charge in [-0.2, -0.15) is 0 Å².